The molecule has 1 atom stereocenters. The summed E-state index contributed by atoms with van der Waals surface area (Å²) >= 11 is 1.62. The zero-order valence-corrected chi connectivity index (χ0v) is 12.2. The number of ether oxygens (including phenoxy) is 1. The standard InChI is InChI=1S/C13H22N2O2S/c1-4-10-8-17-6-5-15(10)13-14-12(9(2)3)11(7-16)18-13/h9-10,16H,4-8H2,1-3H3. The van der Waals surface area contributed by atoms with Crippen LogP contribution < -0.4 is 4.90 Å². The predicted octanol–water partition coefficient (Wildman–Crippen LogP) is 2.37. The van der Waals surface area contributed by atoms with Crippen LogP contribution in [0, 0.1) is 0 Å². The Hall–Kier alpha value is -0.650. The molecule has 2 rings (SSSR count). The normalized spacial score (nSPS) is 20.7. The lowest BCUT2D eigenvalue weighted by Crippen LogP contribution is -2.45. The monoisotopic (exact) mass is 270 g/mol. The Bertz CT molecular complexity index is 392. The van der Waals surface area contributed by atoms with Crippen molar-refractivity contribution in [1.29, 1.82) is 0 Å². The van der Waals surface area contributed by atoms with Gasteiger partial charge in [0.15, 0.2) is 5.13 Å². The lowest BCUT2D eigenvalue weighted by Gasteiger charge is -2.34. The van der Waals surface area contributed by atoms with Gasteiger partial charge in [0.1, 0.15) is 0 Å². The van der Waals surface area contributed by atoms with E-state index in [0.29, 0.717) is 12.0 Å². The lowest BCUT2D eigenvalue weighted by molar-refractivity contribution is 0.0929. The van der Waals surface area contributed by atoms with E-state index in [1.165, 1.54) is 0 Å². The first-order chi connectivity index (χ1) is 8.67. The average Bonchev–Trinajstić information content (AvgIpc) is 2.82. The zero-order valence-electron chi connectivity index (χ0n) is 11.3. The van der Waals surface area contributed by atoms with Crippen molar-refractivity contribution in [3.8, 4) is 0 Å². The van der Waals surface area contributed by atoms with E-state index < -0.39 is 0 Å². The molecule has 0 amide bonds. The van der Waals surface area contributed by atoms with Gasteiger partial charge in [-0.25, -0.2) is 4.98 Å². The van der Waals surface area contributed by atoms with Gasteiger partial charge in [0, 0.05) is 6.54 Å². The number of aliphatic hydroxyl groups is 1. The fourth-order valence-corrected chi connectivity index (χ4v) is 3.46. The van der Waals surface area contributed by atoms with Crippen LogP contribution in [0.25, 0.3) is 0 Å². The summed E-state index contributed by atoms with van der Waals surface area (Å²) in [6.45, 7) is 8.95. The fraction of sp³-hybridized carbons (Fsp3) is 0.769. The summed E-state index contributed by atoms with van der Waals surface area (Å²) in [6, 6.07) is 0.413. The van der Waals surface area contributed by atoms with Gasteiger partial charge < -0.3 is 14.7 Å². The molecule has 102 valence electrons. The van der Waals surface area contributed by atoms with Crippen molar-refractivity contribution in [3.63, 3.8) is 0 Å². The number of morpholine rings is 1. The van der Waals surface area contributed by atoms with Crippen molar-refractivity contribution < 1.29 is 9.84 Å². The molecule has 4 nitrogen and oxygen atoms in total. The van der Waals surface area contributed by atoms with Gasteiger partial charge in [0.2, 0.25) is 0 Å². The number of thiazole rings is 1. The molecule has 0 aromatic carbocycles. The third kappa shape index (κ3) is 2.68. The Labute approximate surface area is 113 Å². The quantitative estimate of drug-likeness (QED) is 0.912. The smallest absolute Gasteiger partial charge is 0.186 e. The van der Waals surface area contributed by atoms with Gasteiger partial charge >= 0.3 is 0 Å². The lowest BCUT2D eigenvalue weighted by atomic mass is 10.1. The summed E-state index contributed by atoms with van der Waals surface area (Å²) < 4.78 is 5.52. The summed E-state index contributed by atoms with van der Waals surface area (Å²) in [4.78, 5) is 8.07. The van der Waals surface area contributed by atoms with E-state index in [2.05, 4.69) is 25.7 Å². The van der Waals surface area contributed by atoms with Gasteiger partial charge in [0.25, 0.3) is 0 Å². The third-order valence-electron chi connectivity index (χ3n) is 3.35. The van der Waals surface area contributed by atoms with Gasteiger partial charge in [-0.15, -0.1) is 0 Å². The van der Waals surface area contributed by atoms with E-state index in [-0.39, 0.29) is 6.61 Å². The van der Waals surface area contributed by atoms with Crippen LogP contribution in [0.4, 0.5) is 5.13 Å². The predicted molar refractivity (Wildman–Crippen MR) is 74.4 cm³/mol. The second-order valence-electron chi connectivity index (χ2n) is 4.95. The maximum atomic E-state index is 9.43. The number of rotatable bonds is 4. The molecule has 1 fully saturated rings. The SMILES string of the molecule is CCC1COCCN1c1nc(C(C)C)c(CO)s1. The van der Waals surface area contributed by atoms with E-state index in [1.54, 1.807) is 11.3 Å². The van der Waals surface area contributed by atoms with Crippen LogP contribution >= 0.6 is 11.3 Å². The number of aromatic nitrogens is 1. The Morgan fingerprint density at radius 2 is 2.33 bits per heavy atom. The van der Waals surface area contributed by atoms with Crippen molar-refractivity contribution in [2.45, 2.75) is 45.8 Å². The highest BCUT2D eigenvalue weighted by molar-refractivity contribution is 7.15. The molecule has 0 aliphatic carbocycles. The maximum Gasteiger partial charge on any atom is 0.186 e. The molecule has 5 heteroatoms. The van der Waals surface area contributed by atoms with Gasteiger partial charge in [-0.2, -0.15) is 0 Å². The van der Waals surface area contributed by atoms with Gasteiger partial charge in [0.05, 0.1) is 36.4 Å². The molecule has 1 aliphatic heterocycles. The zero-order chi connectivity index (χ0) is 13.1. The molecule has 0 radical (unpaired) electrons. The van der Waals surface area contributed by atoms with Crippen LogP contribution in [0.1, 0.15) is 43.7 Å². The molecule has 0 bridgehead atoms. The summed E-state index contributed by atoms with van der Waals surface area (Å²) in [5.41, 5.74) is 1.04. The van der Waals surface area contributed by atoms with Crippen molar-refractivity contribution >= 4 is 16.5 Å². The van der Waals surface area contributed by atoms with E-state index >= 15 is 0 Å². The van der Waals surface area contributed by atoms with Crippen LogP contribution in [0.5, 0.6) is 0 Å². The summed E-state index contributed by atoms with van der Waals surface area (Å²) in [7, 11) is 0. The second-order valence-corrected chi connectivity index (χ2v) is 6.01. The maximum absolute atomic E-state index is 9.43. The average molecular weight is 270 g/mol. The second kappa shape index (κ2) is 5.99. The minimum Gasteiger partial charge on any atom is -0.391 e. The van der Waals surface area contributed by atoms with Crippen LogP contribution in [0.2, 0.25) is 0 Å². The number of hydrogen-bond donors (Lipinski definition) is 1. The van der Waals surface area contributed by atoms with Crippen molar-refractivity contribution in [2.24, 2.45) is 0 Å². The Morgan fingerprint density at radius 3 is 2.89 bits per heavy atom. The molecule has 1 N–H and O–H groups in total. The molecule has 0 saturated carbocycles. The summed E-state index contributed by atoms with van der Waals surface area (Å²) in [5, 5.41) is 10.5. The third-order valence-corrected chi connectivity index (χ3v) is 4.44. The molecule has 2 heterocycles. The molecule has 1 aromatic heterocycles. The molecule has 1 aromatic rings. The molecular formula is C13H22N2O2S. The first-order valence-corrected chi connectivity index (χ1v) is 7.43. The number of nitrogens with zero attached hydrogens (tertiary/aromatic N) is 2. The van der Waals surface area contributed by atoms with E-state index in [0.717, 1.165) is 41.9 Å². The molecule has 18 heavy (non-hydrogen) atoms. The van der Waals surface area contributed by atoms with Crippen molar-refractivity contribution in [2.75, 3.05) is 24.7 Å². The largest absolute Gasteiger partial charge is 0.391 e. The first kappa shape index (κ1) is 13.8. The van der Waals surface area contributed by atoms with Crippen LogP contribution in [-0.2, 0) is 11.3 Å². The molecular weight excluding hydrogens is 248 g/mol. The van der Waals surface area contributed by atoms with Gasteiger partial charge in [-0.05, 0) is 12.3 Å². The van der Waals surface area contributed by atoms with Crippen LogP contribution in [-0.4, -0.2) is 35.9 Å². The Morgan fingerprint density at radius 1 is 1.56 bits per heavy atom. The number of aliphatic hydroxyl groups excluding tert-OH is 1. The van der Waals surface area contributed by atoms with Gasteiger partial charge in [-0.1, -0.05) is 32.1 Å². The summed E-state index contributed by atoms with van der Waals surface area (Å²) in [6.07, 6.45) is 1.06. The summed E-state index contributed by atoms with van der Waals surface area (Å²) in [5.74, 6) is 0.360. The van der Waals surface area contributed by atoms with Crippen LogP contribution in [0.3, 0.4) is 0 Å². The first-order valence-electron chi connectivity index (χ1n) is 6.62. The highest BCUT2D eigenvalue weighted by Gasteiger charge is 2.25. The van der Waals surface area contributed by atoms with Crippen LogP contribution in [0.15, 0.2) is 0 Å². The van der Waals surface area contributed by atoms with E-state index in [1.807, 2.05) is 0 Å². The Balaban J connectivity index is 2.26. The topological polar surface area (TPSA) is 45.6 Å². The molecule has 1 unspecified atom stereocenters. The molecule has 1 aliphatic rings. The number of anilines is 1. The van der Waals surface area contributed by atoms with Crippen molar-refractivity contribution in [1.82, 2.24) is 4.98 Å². The van der Waals surface area contributed by atoms with Gasteiger partial charge in [-0.3, -0.25) is 0 Å². The van der Waals surface area contributed by atoms with Crippen molar-refractivity contribution in [3.05, 3.63) is 10.6 Å². The Kier molecular flexibility index (Phi) is 4.59. The fourth-order valence-electron chi connectivity index (χ4n) is 2.28. The molecule has 1 saturated heterocycles. The highest BCUT2D eigenvalue weighted by atomic mass is 32.1. The highest BCUT2D eigenvalue weighted by Crippen LogP contribution is 2.32. The minimum atomic E-state index is 0.0896. The molecule has 0 spiro atoms. The number of hydrogen-bond acceptors (Lipinski definition) is 5. The van der Waals surface area contributed by atoms with E-state index in [4.69, 9.17) is 9.72 Å². The minimum absolute atomic E-state index is 0.0896. The van der Waals surface area contributed by atoms with E-state index in [9.17, 15) is 5.11 Å².